The number of ether oxygens (including phenoxy) is 1. The Morgan fingerprint density at radius 2 is 2.07 bits per heavy atom. The first-order valence-electron chi connectivity index (χ1n) is 9.12. The van der Waals surface area contributed by atoms with Gasteiger partial charge >= 0.3 is 0 Å². The lowest BCUT2D eigenvalue weighted by Gasteiger charge is -2.39. The van der Waals surface area contributed by atoms with E-state index in [1.54, 1.807) is 19.2 Å². The molecule has 0 saturated carbocycles. The van der Waals surface area contributed by atoms with Crippen molar-refractivity contribution in [2.24, 2.45) is 5.92 Å². The minimum absolute atomic E-state index is 0.0643. The van der Waals surface area contributed by atoms with E-state index in [0.717, 1.165) is 19.5 Å². The monoisotopic (exact) mass is 388 g/mol. The molecule has 3 rings (SSSR count). The summed E-state index contributed by atoms with van der Waals surface area (Å²) in [7, 11) is 1.61. The minimum Gasteiger partial charge on any atom is -0.481 e. The quantitative estimate of drug-likeness (QED) is 0.847. The number of pyridine rings is 2. The Hall–Kier alpha value is -2.18. The van der Waals surface area contributed by atoms with Crippen LogP contribution in [0.3, 0.4) is 0 Å². The molecule has 1 amide bonds. The number of carbonyl (C=O) groups is 1. The molecule has 6 nitrogen and oxygen atoms in total. The second-order valence-corrected chi connectivity index (χ2v) is 7.59. The summed E-state index contributed by atoms with van der Waals surface area (Å²) in [6, 6.07) is 7.12. The Kier molecular flexibility index (Phi) is 6.29. The molecule has 3 unspecified atom stereocenters. The number of halogens is 1. The van der Waals surface area contributed by atoms with Gasteiger partial charge in [-0.25, -0.2) is 9.97 Å². The number of likely N-dealkylation sites (tertiary alicyclic amines) is 1. The van der Waals surface area contributed by atoms with Crippen LogP contribution >= 0.6 is 11.6 Å². The standard InChI is InChI=1S/C20H25ClN4O2/c1-13-8-16(15-4-7-19(27-3)23-9-15)12-25(11-13)14(2)20(26)24-18-6-5-17(21)10-22-18/h4-7,9-10,13-14,16H,8,11-12H2,1-3H3,(H,22,24,26). The highest BCUT2D eigenvalue weighted by molar-refractivity contribution is 6.30. The summed E-state index contributed by atoms with van der Waals surface area (Å²) in [6.45, 7) is 5.87. The van der Waals surface area contributed by atoms with Gasteiger partial charge in [-0.3, -0.25) is 9.69 Å². The molecule has 3 atom stereocenters. The van der Waals surface area contributed by atoms with Gasteiger partial charge in [-0.05, 0) is 42.9 Å². The van der Waals surface area contributed by atoms with Gasteiger partial charge in [0.15, 0.2) is 0 Å². The Morgan fingerprint density at radius 3 is 2.70 bits per heavy atom. The number of carbonyl (C=O) groups excluding carboxylic acids is 1. The molecule has 0 aromatic carbocycles. The SMILES string of the molecule is COc1ccc(C2CC(C)CN(C(C)C(=O)Nc3ccc(Cl)cn3)C2)cn1. The number of piperidine rings is 1. The van der Waals surface area contributed by atoms with Crippen molar-refractivity contribution in [1.29, 1.82) is 0 Å². The second kappa shape index (κ2) is 8.67. The van der Waals surface area contributed by atoms with Crippen LogP contribution in [0, 0.1) is 5.92 Å². The summed E-state index contributed by atoms with van der Waals surface area (Å²) in [5.74, 6) is 1.90. The van der Waals surface area contributed by atoms with Crippen molar-refractivity contribution in [2.75, 3.05) is 25.5 Å². The van der Waals surface area contributed by atoms with Crippen LogP contribution in [0.25, 0.3) is 0 Å². The summed E-state index contributed by atoms with van der Waals surface area (Å²) in [6.07, 6.45) is 4.48. The van der Waals surface area contributed by atoms with Gasteiger partial charge in [0.25, 0.3) is 0 Å². The topological polar surface area (TPSA) is 67.3 Å². The maximum atomic E-state index is 12.7. The fourth-order valence-corrected chi connectivity index (χ4v) is 3.66. The predicted octanol–water partition coefficient (Wildman–Crippen LogP) is 3.59. The minimum atomic E-state index is -0.251. The smallest absolute Gasteiger partial charge is 0.242 e. The maximum absolute atomic E-state index is 12.7. The van der Waals surface area contributed by atoms with E-state index in [0.29, 0.717) is 28.6 Å². The molecule has 2 aromatic heterocycles. The van der Waals surface area contributed by atoms with E-state index in [-0.39, 0.29) is 11.9 Å². The van der Waals surface area contributed by atoms with Crippen LogP contribution in [0.2, 0.25) is 5.02 Å². The van der Waals surface area contributed by atoms with Crippen LogP contribution in [-0.4, -0.2) is 47.0 Å². The molecule has 0 aliphatic carbocycles. The highest BCUT2D eigenvalue weighted by Crippen LogP contribution is 2.31. The zero-order valence-corrected chi connectivity index (χ0v) is 16.6. The predicted molar refractivity (Wildman–Crippen MR) is 106 cm³/mol. The Labute approximate surface area is 164 Å². The molecule has 1 fully saturated rings. The van der Waals surface area contributed by atoms with E-state index in [2.05, 4.69) is 33.2 Å². The third kappa shape index (κ3) is 4.96. The van der Waals surface area contributed by atoms with E-state index in [4.69, 9.17) is 16.3 Å². The van der Waals surface area contributed by atoms with Crippen molar-refractivity contribution >= 4 is 23.3 Å². The molecule has 0 radical (unpaired) electrons. The Morgan fingerprint density at radius 1 is 1.26 bits per heavy atom. The molecular formula is C20H25ClN4O2. The highest BCUT2D eigenvalue weighted by Gasteiger charge is 2.31. The van der Waals surface area contributed by atoms with Crippen molar-refractivity contribution in [1.82, 2.24) is 14.9 Å². The van der Waals surface area contributed by atoms with E-state index < -0.39 is 0 Å². The second-order valence-electron chi connectivity index (χ2n) is 7.15. The van der Waals surface area contributed by atoms with Crippen molar-refractivity contribution < 1.29 is 9.53 Å². The van der Waals surface area contributed by atoms with Gasteiger partial charge in [0.2, 0.25) is 11.8 Å². The third-order valence-electron chi connectivity index (χ3n) is 5.03. The summed E-state index contributed by atoms with van der Waals surface area (Å²) >= 11 is 5.85. The van der Waals surface area contributed by atoms with Gasteiger partial charge in [0.1, 0.15) is 5.82 Å². The number of rotatable bonds is 5. The van der Waals surface area contributed by atoms with E-state index in [9.17, 15) is 4.79 Å². The third-order valence-corrected chi connectivity index (χ3v) is 5.26. The van der Waals surface area contributed by atoms with E-state index >= 15 is 0 Å². The summed E-state index contributed by atoms with van der Waals surface area (Å²) in [5.41, 5.74) is 1.18. The van der Waals surface area contributed by atoms with Gasteiger partial charge in [-0.2, -0.15) is 0 Å². The molecule has 2 aromatic rings. The van der Waals surface area contributed by atoms with Gasteiger partial charge < -0.3 is 10.1 Å². The summed E-state index contributed by atoms with van der Waals surface area (Å²) in [5, 5.41) is 3.41. The first kappa shape index (κ1) is 19.6. The first-order valence-corrected chi connectivity index (χ1v) is 9.50. The van der Waals surface area contributed by atoms with Crippen molar-refractivity contribution in [3.63, 3.8) is 0 Å². The van der Waals surface area contributed by atoms with Gasteiger partial charge in [0, 0.05) is 31.5 Å². The van der Waals surface area contributed by atoms with Crippen molar-refractivity contribution in [3.05, 3.63) is 47.2 Å². The number of hydrogen-bond acceptors (Lipinski definition) is 5. The molecule has 7 heteroatoms. The fraction of sp³-hybridized carbons (Fsp3) is 0.450. The molecule has 0 spiro atoms. The van der Waals surface area contributed by atoms with Crippen LogP contribution in [0.4, 0.5) is 5.82 Å². The largest absolute Gasteiger partial charge is 0.481 e. The molecule has 1 saturated heterocycles. The summed E-state index contributed by atoms with van der Waals surface area (Å²) < 4.78 is 5.14. The van der Waals surface area contributed by atoms with Crippen LogP contribution < -0.4 is 10.1 Å². The number of nitrogens with one attached hydrogen (secondary N) is 1. The number of anilines is 1. The summed E-state index contributed by atoms with van der Waals surface area (Å²) in [4.78, 5) is 23.4. The van der Waals surface area contributed by atoms with Crippen LogP contribution in [-0.2, 0) is 4.79 Å². The zero-order chi connectivity index (χ0) is 19.4. The number of hydrogen-bond donors (Lipinski definition) is 1. The lowest BCUT2D eigenvalue weighted by Crippen LogP contribution is -2.48. The highest BCUT2D eigenvalue weighted by atomic mass is 35.5. The van der Waals surface area contributed by atoms with E-state index in [1.165, 1.54) is 11.8 Å². The molecule has 1 aliphatic rings. The Bertz CT molecular complexity index is 767. The van der Waals surface area contributed by atoms with Gasteiger partial charge in [-0.1, -0.05) is 24.6 Å². The van der Waals surface area contributed by atoms with Crippen molar-refractivity contribution in [2.45, 2.75) is 32.2 Å². The molecule has 0 bridgehead atoms. The number of amides is 1. The molecule has 27 heavy (non-hydrogen) atoms. The van der Waals surface area contributed by atoms with Crippen LogP contribution in [0.1, 0.15) is 31.7 Å². The molecule has 3 heterocycles. The molecule has 1 aliphatic heterocycles. The van der Waals surface area contributed by atoms with Crippen LogP contribution in [0.15, 0.2) is 36.7 Å². The Balaban J connectivity index is 1.66. The zero-order valence-electron chi connectivity index (χ0n) is 15.9. The molecule has 1 N–H and O–H groups in total. The normalized spacial score (nSPS) is 21.5. The van der Waals surface area contributed by atoms with Gasteiger partial charge in [-0.15, -0.1) is 0 Å². The molecular weight excluding hydrogens is 364 g/mol. The maximum Gasteiger partial charge on any atom is 0.242 e. The average molecular weight is 389 g/mol. The molecule has 144 valence electrons. The van der Waals surface area contributed by atoms with E-state index in [1.807, 2.05) is 19.2 Å². The average Bonchev–Trinajstić information content (AvgIpc) is 2.68. The van der Waals surface area contributed by atoms with Gasteiger partial charge in [0.05, 0.1) is 18.2 Å². The van der Waals surface area contributed by atoms with Crippen LogP contribution in [0.5, 0.6) is 5.88 Å². The number of methoxy groups -OCH3 is 1. The number of aromatic nitrogens is 2. The lowest BCUT2D eigenvalue weighted by atomic mass is 9.85. The first-order chi connectivity index (χ1) is 13.0. The van der Waals surface area contributed by atoms with Crippen molar-refractivity contribution in [3.8, 4) is 5.88 Å². The number of nitrogens with zero attached hydrogens (tertiary/aromatic N) is 3. The fourth-order valence-electron chi connectivity index (χ4n) is 3.55. The lowest BCUT2D eigenvalue weighted by molar-refractivity contribution is -0.121.